The lowest BCUT2D eigenvalue weighted by Crippen LogP contribution is -2.29. The molecule has 0 aliphatic rings. The summed E-state index contributed by atoms with van der Waals surface area (Å²) in [5.74, 6) is -0.337. The van der Waals surface area contributed by atoms with E-state index in [-0.39, 0.29) is 11.2 Å². The molecule has 0 bridgehead atoms. The van der Waals surface area contributed by atoms with Crippen molar-refractivity contribution in [2.24, 2.45) is 0 Å². The number of halogens is 1. The number of hydrogen-bond acceptors (Lipinski definition) is 3. The number of anilines is 1. The molecule has 30 heavy (non-hydrogen) atoms. The molecule has 0 fully saturated rings. The first-order valence-corrected chi connectivity index (χ1v) is 9.32. The molecule has 0 unspecified atom stereocenters. The second-order valence-electron chi connectivity index (χ2n) is 6.78. The molecule has 5 nitrogen and oxygen atoms in total. The normalized spacial score (nSPS) is 10.8. The summed E-state index contributed by atoms with van der Waals surface area (Å²) in [6.45, 7) is 0. The highest BCUT2D eigenvalue weighted by molar-refractivity contribution is 6.13. The van der Waals surface area contributed by atoms with Crippen LogP contribution in [0.25, 0.3) is 16.5 Å². The molecule has 6 heteroatoms. The molecule has 1 aromatic heterocycles. The maximum atomic E-state index is 14.3. The van der Waals surface area contributed by atoms with Gasteiger partial charge >= 0.3 is 0 Å². The van der Waals surface area contributed by atoms with Crippen LogP contribution in [0.3, 0.4) is 0 Å². The molecule has 0 aliphatic carbocycles. The summed E-state index contributed by atoms with van der Waals surface area (Å²) >= 11 is 0. The highest BCUT2D eigenvalue weighted by Gasteiger charge is 2.21. The SMILES string of the molecule is COc1cccc(-n2cc(C(=O)N(C)c3ccccc3F)c3ccccc3c2=O)c1. The lowest BCUT2D eigenvalue weighted by molar-refractivity contribution is 0.0993. The number of amides is 1. The van der Waals surface area contributed by atoms with Crippen molar-refractivity contribution < 1.29 is 13.9 Å². The molecular weight excluding hydrogens is 383 g/mol. The fourth-order valence-electron chi connectivity index (χ4n) is 3.43. The van der Waals surface area contributed by atoms with Crippen LogP contribution in [-0.4, -0.2) is 24.6 Å². The zero-order chi connectivity index (χ0) is 21.3. The summed E-state index contributed by atoms with van der Waals surface area (Å²) in [6.07, 6.45) is 1.50. The highest BCUT2D eigenvalue weighted by Crippen LogP contribution is 2.24. The minimum atomic E-state index is -0.501. The number of fused-ring (bicyclic) bond motifs is 1. The number of nitrogens with zero attached hydrogens (tertiary/aromatic N) is 2. The van der Waals surface area contributed by atoms with Crippen LogP contribution in [0.2, 0.25) is 0 Å². The van der Waals surface area contributed by atoms with Crippen molar-refractivity contribution in [1.29, 1.82) is 0 Å². The van der Waals surface area contributed by atoms with Gasteiger partial charge in [-0.1, -0.05) is 36.4 Å². The van der Waals surface area contributed by atoms with Gasteiger partial charge in [-0.2, -0.15) is 0 Å². The quantitative estimate of drug-likeness (QED) is 0.508. The van der Waals surface area contributed by atoms with Gasteiger partial charge in [0.05, 0.1) is 24.0 Å². The Labute approximate surface area is 172 Å². The van der Waals surface area contributed by atoms with Gasteiger partial charge in [0.2, 0.25) is 0 Å². The third-order valence-electron chi connectivity index (χ3n) is 5.00. The van der Waals surface area contributed by atoms with E-state index < -0.39 is 11.7 Å². The predicted molar refractivity (Wildman–Crippen MR) is 115 cm³/mol. The highest BCUT2D eigenvalue weighted by atomic mass is 19.1. The molecule has 0 aliphatic heterocycles. The molecule has 0 saturated heterocycles. The maximum Gasteiger partial charge on any atom is 0.262 e. The van der Waals surface area contributed by atoms with Crippen molar-refractivity contribution in [2.75, 3.05) is 19.1 Å². The lowest BCUT2D eigenvalue weighted by atomic mass is 10.1. The molecule has 0 N–H and O–H groups in total. The largest absolute Gasteiger partial charge is 0.497 e. The Morgan fingerprint density at radius 2 is 1.67 bits per heavy atom. The number of carbonyl (C=O) groups excluding carboxylic acids is 1. The number of ether oxygens (including phenoxy) is 1. The van der Waals surface area contributed by atoms with Crippen molar-refractivity contribution in [2.45, 2.75) is 0 Å². The summed E-state index contributed by atoms with van der Waals surface area (Å²) in [5, 5.41) is 0.905. The van der Waals surface area contributed by atoms with E-state index in [2.05, 4.69) is 0 Å². The van der Waals surface area contributed by atoms with E-state index in [1.54, 1.807) is 67.8 Å². The van der Waals surface area contributed by atoms with Crippen molar-refractivity contribution in [3.8, 4) is 11.4 Å². The zero-order valence-electron chi connectivity index (χ0n) is 16.5. The summed E-state index contributed by atoms with van der Waals surface area (Å²) in [5.41, 5.74) is 0.751. The van der Waals surface area contributed by atoms with Crippen molar-refractivity contribution >= 4 is 22.4 Å². The maximum absolute atomic E-state index is 14.3. The first-order chi connectivity index (χ1) is 14.5. The third kappa shape index (κ3) is 3.33. The molecule has 0 radical (unpaired) electrons. The topological polar surface area (TPSA) is 51.5 Å². The number of para-hydroxylation sites is 1. The average molecular weight is 402 g/mol. The molecule has 0 atom stereocenters. The molecule has 0 spiro atoms. The monoisotopic (exact) mass is 402 g/mol. The van der Waals surface area contributed by atoms with Gasteiger partial charge < -0.3 is 9.64 Å². The van der Waals surface area contributed by atoms with Gasteiger partial charge in [0.1, 0.15) is 11.6 Å². The van der Waals surface area contributed by atoms with E-state index >= 15 is 0 Å². The fraction of sp³-hybridized carbons (Fsp3) is 0.0833. The van der Waals surface area contributed by atoms with Crippen LogP contribution < -0.4 is 15.2 Å². The first kappa shape index (κ1) is 19.4. The second kappa shape index (κ2) is 7.83. The van der Waals surface area contributed by atoms with Gasteiger partial charge in [-0.05, 0) is 30.3 Å². The number of aromatic nitrogens is 1. The number of methoxy groups -OCH3 is 1. The minimum absolute atomic E-state index is 0.158. The van der Waals surface area contributed by atoms with E-state index in [0.29, 0.717) is 27.8 Å². The fourth-order valence-corrected chi connectivity index (χ4v) is 3.43. The van der Waals surface area contributed by atoms with Crippen LogP contribution in [0.1, 0.15) is 10.4 Å². The van der Waals surface area contributed by atoms with Crippen molar-refractivity contribution in [3.63, 3.8) is 0 Å². The first-order valence-electron chi connectivity index (χ1n) is 9.32. The van der Waals surface area contributed by atoms with E-state index in [1.807, 2.05) is 0 Å². The Balaban J connectivity index is 1.93. The van der Waals surface area contributed by atoms with Gasteiger partial charge in [0.15, 0.2) is 0 Å². The van der Waals surface area contributed by atoms with Crippen LogP contribution >= 0.6 is 0 Å². The molecule has 3 aromatic carbocycles. The Bertz CT molecular complexity index is 1310. The van der Waals surface area contributed by atoms with Crippen LogP contribution in [0.15, 0.2) is 83.8 Å². The van der Waals surface area contributed by atoms with E-state index in [0.717, 1.165) is 0 Å². The van der Waals surface area contributed by atoms with Gasteiger partial charge in [0.25, 0.3) is 11.5 Å². The van der Waals surface area contributed by atoms with Gasteiger partial charge in [-0.15, -0.1) is 0 Å². The Morgan fingerprint density at radius 1 is 0.967 bits per heavy atom. The van der Waals surface area contributed by atoms with Crippen LogP contribution in [0, 0.1) is 5.82 Å². The molecule has 0 saturated carbocycles. The molecule has 4 rings (SSSR count). The smallest absolute Gasteiger partial charge is 0.262 e. The van der Waals surface area contributed by atoms with Crippen molar-refractivity contribution in [3.05, 3.63) is 101 Å². The second-order valence-corrected chi connectivity index (χ2v) is 6.78. The summed E-state index contributed by atoms with van der Waals surface area (Å²) in [6, 6.07) is 20.0. The summed E-state index contributed by atoms with van der Waals surface area (Å²) < 4.78 is 20.9. The minimum Gasteiger partial charge on any atom is -0.497 e. The zero-order valence-corrected chi connectivity index (χ0v) is 16.5. The third-order valence-corrected chi connectivity index (χ3v) is 5.00. The Kier molecular flexibility index (Phi) is 5.06. The van der Waals surface area contributed by atoms with Crippen LogP contribution in [0.4, 0.5) is 10.1 Å². The molecule has 4 aromatic rings. The lowest BCUT2D eigenvalue weighted by Gasteiger charge is -2.20. The number of carbonyl (C=O) groups is 1. The van der Waals surface area contributed by atoms with Gasteiger partial charge in [-0.3, -0.25) is 14.2 Å². The van der Waals surface area contributed by atoms with Crippen molar-refractivity contribution in [1.82, 2.24) is 4.57 Å². The predicted octanol–water partition coefficient (Wildman–Crippen LogP) is 4.42. The van der Waals surface area contributed by atoms with E-state index in [4.69, 9.17) is 4.74 Å². The van der Waals surface area contributed by atoms with Gasteiger partial charge in [-0.25, -0.2) is 4.39 Å². The van der Waals surface area contributed by atoms with Crippen LogP contribution in [0.5, 0.6) is 5.75 Å². The van der Waals surface area contributed by atoms with E-state index in [9.17, 15) is 14.0 Å². The summed E-state index contributed by atoms with van der Waals surface area (Å²) in [7, 11) is 3.05. The summed E-state index contributed by atoms with van der Waals surface area (Å²) in [4.78, 5) is 27.7. The number of pyridine rings is 1. The van der Waals surface area contributed by atoms with E-state index in [1.165, 1.54) is 34.8 Å². The van der Waals surface area contributed by atoms with Crippen LogP contribution in [-0.2, 0) is 0 Å². The molecular formula is C24H19FN2O3. The Hall–Kier alpha value is -3.93. The number of hydrogen-bond donors (Lipinski definition) is 0. The number of rotatable bonds is 4. The van der Waals surface area contributed by atoms with Gasteiger partial charge in [0, 0.05) is 30.1 Å². The molecule has 1 amide bonds. The standard InChI is InChI=1S/C24H19FN2O3/c1-26(22-13-6-5-12-21(22)25)23(28)20-15-27(16-8-7-9-17(14-16)30-2)24(29)19-11-4-3-10-18(19)20/h3-15H,1-2H3. The Morgan fingerprint density at radius 3 is 2.40 bits per heavy atom. The molecule has 150 valence electrons. The number of benzene rings is 3. The molecule has 1 heterocycles. The average Bonchev–Trinajstić information content (AvgIpc) is 2.79.